The molecule has 1 spiro atoms. The van der Waals surface area contributed by atoms with Crippen LogP contribution in [-0.2, 0) is 4.74 Å². The summed E-state index contributed by atoms with van der Waals surface area (Å²) in [6.07, 6.45) is 3.56. The van der Waals surface area contributed by atoms with Crippen molar-refractivity contribution < 1.29 is 9.53 Å². The smallest absolute Gasteiger partial charge is 0.410 e. The molecule has 0 aromatic carbocycles. The number of piperidine rings is 1. The second-order valence-corrected chi connectivity index (χ2v) is 6.47. The zero-order chi connectivity index (χ0) is 12.0. The summed E-state index contributed by atoms with van der Waals surface area (Å²) >= 11 is 0. The average molecular weight is 225 g/mol. The van der Waals surface area contributed by atoms with E-state index in [1.807, 2.05) is 25.7 Å². The average Bonchev–Trinajstić information content (AvgIpc) is 2.73. The fraction of sp³-hybridized carbons (Fsp3) is 0.923. The number of hydrogen-bond acceptors (Lipinski definition) is 2. The molecule has 0 aromatic rings. The monoisotopic (exact) mass is 225 g/mol. The van der Waals surface area contributed by atoms with Gasteiger partial charge in [0.2, 0.25) is 0 Å². The Labute approximate surface area is 98.1 Å². The summed E-state index contributed by atoms with van der Waals surface area (Å²) < 4.78 is 5.42. The van der Waals surface area contributed by atoms with Gasteiger partial charge in [0, 0.05) is 13.1 Å². The third kappa shape index (κ3) is 2.33. The molecule has 0 aromatic heterocycles. The number of carbonyl (C=O) groups excluding carboxylic acids is 1. The Kier molecular flexibility index (Phi) is 2.67. The number of likely N-dealkylation sites (tertiary alicyclic amines) is 1. The number of carbonyl (C=O) groups is 1. The highest BCUT2D eigenvalue weighted by Gasteiger charge is 2.53. The van der Waals surface area contributed by atoms with Crippen molar-refractivity contribution in [2.45, 2.75) is 52.6 Å². The Morgan fingerprint density at radius 2 is 2.06 bits per heavy atom. The quantitative estimate of drug-likeness (QED) is 0.634. The van der Waals surface area contributed by atoms with Crippen molar-refractivity contribution in [3.63, 3.8) is 0 Å². The summed E-state index contributed by atoms with van der Waals surface area (Å²) in [4.78, 5) is 13.8. The van der Waals surface area contributed by atoms with E-state index in [-0.39, 0.29) is 11.7 Å². The third-order valence-corrected chi connectivity index (χ3v) is 3.86. The van der Waals surface area contributed by atoms with Crippen LogP contribution in [-0.4, -0.2) is 29.7 Å². The molecule has 2 rings (SSSR count). The lowest BCUT2D eigenvalue weighted by Gasteiger charge is -2.34. The minimum absolute atomic E-state index is 0.134. The van der Waals surface area contributed by atoms with Crippen molar-refractivity contribution in [3.05, 3.63) is 0 Å². The largest absolute Gasteiger partial charge is 0.444 e. The predicted molar refractivity (Wildman–Crippen MR) is 63.3 cm³/mol. The maximum atomic E-state index is 11.9. The Hall–Kier alpha value is -0.730. The molecule has 1 aliphatic heterocycles. The first-order valence-electron chi connectivity index (χ1n) is 6.30. The minimum Gasteiger partial charge on any atom is -0.444 e. The zero-order valence-corrected chi connectivity index (χ0v) is 10.9. The van der Waals surface area contributed by atoms with Crippen molar-refractivity contribution in [3.8, 4) is 0 Å². The van der Waals surface area contributed by atoms with Gasteiger partial charge in [0.15, 0.2) is 0 Å². The molecule has 16 heavy (non-hydrogen) atoms. The molecule has 92 valence electrons. The van der Waals surface area contributed by atoms with Crippen molar-refractivity contribution in [2.75, 3.05) is 13.1 Å². The summed E-state index contributed by atoms with van der Waals surface area (Å²) in [5, 5.41) is 0. The number of amides is 1. The third-order valence-electron chi connectivity index (χ3n) is 3.86. The standard InChI is InChI=1S/C13H23NO2/c1-10-8-13(10)6-5-7-14(9-13)11(15)16-12(2,3)4/h10H,5-9H2,1-4H3. The second kappa shape index (κ2) is 3.64. The molecule has 1 amide bonds. The Morgan fingerprint density at radius 3 is 2.56 bits per heavy atom. The van der Waals surface area contributed by atoms with E-state index in [0.29, 0.717) is 5.41 Å². The molecule has 1 saturated carbocycles. The zero-order valence-electron chi connectivity index (χ0n) is 10.9. The molecule has 3 nitrogen and oxygen atoms in total. The van der Waals surface area contributed by atoms with Crippen LogP contribution in [0, 0.1) is 11.3 Å². The first kappa shape index (κ1) is 11.7. The van der Waals surface area contributed by atoms with Crippen LogP contribution in [0.1, 0.15) is 47.0 Å². The molecule has 1 aliphatic carbocycles. The van der Waals surface area contributed by atoms with E-state index < -0.39 is 0 Å². The lowest BCUT2D eigenvalue weighted by Crippen LogP contribution is -2.44. The van der Waals surface area contributed by atoms with E-state index in [9.17, 15) is 4.79 Å². The molecule has 2 unspecified atom stereocenters. The minimum atomic E-state index is -0.378. The molecular weight excluding hydrogens is 202 g/mol. The molecule has 2 aliphatic rings. The van der Waals surface area contributed by atoms with Gasteiger partial charge in [-0.15, -0.1) is 0 Å². The van der Waals surface area contributed by atoms with Gasteiger partial charge in [-0.2, -0.15) is 0 Å². The number of rotatable bonds is 0. The number of ether oxygens (including phenoxy) is 1. The van der Waals surface area contributed by atoms with Gasteiger partial charge in [-0.3, -0.25) is 0 Å². The van der Waals surface area contributed by atoms with Crippen LogP contribution < -0.4 is 0 Å². The summed E-state index contributed by atoms with van der Waals surface area (Å²) in [6, 6.07) is 0. The first-order chi connectivity index (χ1) is 7.32. The molecule has 3 heteroatoms. The summed E-state index contributed by atoms with van der Waals surface area (Å²) in [6.45, 7) is 9.82. The van der Waals surface area contributed by atoms with E-state index in [0.717, 1.165) is 25.4 Å². The molecule has 0 N–H and O–H groups in total. The van der Waals surface area contributed by atoms with Crippen molar-refractivity contribution in [2.24, 2.45) is 11.3 Å². The van der Waals surface area contributed by atoms with E-state index in [1.54, 1.807) is 0 Å². The SMILES string of the molecule is CC1CC12CCCN(C(=O)OC(C)(C)C)C2. The Morgan fingerprint density at radius 1 is 1.44 bits per heavy atom. The van der Waals surface area contributed by atoms with Gasteiger partial charge in [-0.05, 0) is 51.4 Å². The maximum absolute atomic E-state index is 11.9. The molecule has 0 radical (unpaired) electrons. The summed E-state index contributed by atoms with van der Waals surface area (Å²) in [5.41, 5.74) is 0.0615. The van der Waals surface area contributed by atoms with Crippen molar-refractivity contribution in [1.82, 2.24) is 4.90 Å². The first-order valence-corrected chi connectivity index (χ1v) is 6.30. The highest BCUT2D eigenvalue weighted by molar-refractivity contribution is 5.68. The van der Waals surface area contributed by atoms with Gasteiger partial charge in [-0.1, -0.05) is 6.92 Å². The fourth-order valence-electron chi connectivity index (χ4n) is 2.76. The van der Waals surface area contributed by atoms with Gasteiger partial charge in [0.25, 0.3) is 0 Å². The Balaban J connectivity index is 1.92. The van der Waals surface area contributed by atoms with E-state index in [2.05, 4.69) is 6.92 Å². The van der Waals surface area contributed by atoms with Gasteiger partial charge in [0.05, 0.1) is 0 Å². The van der Waals surface area contributed by atoms with Crippen LogP contribution in [0.2, 0.25) is 0 Å². The van der Waals surface area contributed by atoms with Crippen molar-refractivity contribution >= 4 is 6.09 Å². The topological polar surface area (TPSA) is 29.5 Å². The predicted octanol–water partition coefficient (Wildman–Crippen LogP) is 3.04. The van der Waals surface area contributed by atoms with Crippen LogP contribution in [0.4, 0.5) is 4.79 Å². The van der Waals surface area contributed by atoms with E-state index in [4.69, 9.17) is 4.74 Å². The molecule has 0 bridgehead atoms. The fourth-order valence-corrected chi connectivity index (χ4v) is 2.76. The van der Waals surface area contributed by atoms with Gasteiger partial charge < -0.3 is 9.64 Å². The number of nitrogens with zero attached hydrogens (tertiary/aromatic N) is 1. The highest BCUT2D eigenvalue weighted by Crippen LogP contribution is 2.57. The van der Waals surface area contributed by atoms with Crippen LogP contribution >= 0.6 is 0 Å². The lowest BCUT2D eigenvalue weighted by atomic mass is 9.93. The molecule has 1 saturated heterocycles. The van der Waals surface area contributed by atoms with Crippen LogP contribution in [0.25, 0.3) is 0 Å². The number of hydrogen-bond donors (Lipinski definition) is 0. The summed E-state index contributed by atoms with van der Waals surface area (Å²) in [7, 11) is 0. The van der Waals surface area contributed by atoms with Crippen LogP contribution in [0.5, 0.6) is 0 Å². The Bertz CT molecular complexity index is 295. The molecule has 2 atom stereocenters. The molecule has 2 fully saturated rings. The highest BCUT2D eigenvalue weighted by atomic mass is 16.6. The van der Waals surface area contributed by atoms with Gasteiger partial charge in [-0.25, -0.2) is 4.79 Å². The van der Waals surface area contributed by atoms with Gasteiger partial charge >= 0.3 is 6.09 Å². The molecular formula is C13H23NO2. The lowest BCUT2D eigenvalue weighted by molar-refractivity contribution is 0.0138. The maximum Gasteiger partial charge on any atom is 0.410 e. The van der Waals surface area contributed by atoms with E-state index >= 15 is 0 Å². The van der Waals surface area contributed by atoms with E-state index in [1.165, 1.54) is 12.8 Å². The van der Waals surface area contributed by atoms with Crippen LogP contribution in [0.15, 0.2) is 0 Å². The van der Waals surface area contributed by atoms with Crippen molar-refractivity contribution in [1.29, 1.82) is 0 Å². The van der Waals surface area contributed by atoms with Crippen LogP contribution in [0.3, 0.4) is 0 Å². The molecule has 1 heterocycles. The van der Waals surface area contributed by atoms with Gasteiger partial charge in [0.1, 0.15) is 5.60 Å². The normalized spacial score (nSPS) is 34.0. The summed E-state index contributed by atoms with van der Waals surface area (Å²) in [5.74, 6) is 0.790. The second-order valence-electron chi connectivity index (χ2n) is 6.47.